The molecule has 14 heavy (non-hydrogen) atoms. The Balaban J connectivity index is 2.42. The molecule has 80 valence electrons. The normalized spacial score (nSPS) is 28.9. The molecule has 0 radical (unpaired) electrons. The third kappa shape index (κ3) is 3.14. The second kappa shape index (κ2) is 5.15. The van der Waals surface area contributed by atoms with E-state index in [-0.39, 0.29) is 6.61 Å². The van der Waals surface area contributed by atoms with Crippen molar-refractivity contribution < 1.29 is 15.0 Å². The van der Waals surface area contributed by atoms with Crippen molar-refractivity contribution in [1.82, 2.24) is 0 Å². The van der Waals surface area contributed by atoms with Crippen molar-refractivity contribution in [3.8, 4) is 0 Å². The largest absolute Gasteiger partial charge is 0.478 e. The number of aliphatic hydroxyl groups is 1. The van der Waals surface area contributed by atoms with E-state index in [9.17, 15) is 4.79 Å². The lowest BCUT2D eigenvalue weighted by molar-refractivity contribution is -0.132. The maximum Gasteiger partial charge on any atom is 0.330 e. The van der Waals surface area contributed by atoms with E-state index in [0.29, 0.717) is 17.4 Å². The molecule has 1 rings (SSSR count). The van der Waals surface area contributed by atoms with Gasteiger partial charge in [-0.15, -0.1) is 0 Å². The van der Waals surface area contributed by atoms with E-state index >= 15 is 0 Å². The van der Waals surface area contributed by atoms with Crippen molar-refractivity contribution in [3.05, 3.63) is 11.6 Å². The highest BCUT2D eigenvalue weighted by Gasteiger charge is 2.19. The van der Waals surface area contributed by atoms with Crippen LogP contribution in [-0.2, 0) is 4.79 Å². The molecule has 1 fully saturated rings. The van der Waals surface area contributed by atoms with E-state index in [2.05, 4.69) is 0 Å². The standard InChI is InChI=1S/C11H18O3/c1-8(11(13)14)6-9-2-4-10(7-12)5-3-9/h6,9-10,12H,2-5,7H2,1H3,(H,13,14). The third-order valence-electron chi connectivity index (χ3n) is 2.97. The van der Waals surface area contributed by atoms with Crippen LogP contribution in [0, 0.1) is 11.8 Å². The minimum absolute atomic E-state index is 0.272. The van der Waals surface area contributed by atoms with Gasteiger partial charge >= 0.3 is 5.97 Å². The molecular formula is C11H18O3. The summed E-state index contributed by atoms with van der Waals surface area (Å²) in [4.78, 5) is 10.6. The molecule has 3 heteroatoms. The maximum absolute atomic E-state index is 10.6. The van der Waals surface area contributed by atoms with Crippen LogP contribution in [0.25, 0.3) is 0 Å². The Labute approximate surface area is 84.4 Å². The van der Waals surface area contributed by atoms with Crippen LogP contribution in [0.3, 0.4) is 0 Å². The quantitative estimate of drug-likeness (QED) is 0.680. The van der Waals surface area contributed by atoms with Crippen molar-refractivity contribution in [2.24, 2.45) is 11.8 Å². The van der Waals surface area contributed by atoms with Crippen LogP contribution in [0.15, 0.2) is 11.6 Å². The van der Waals surface area contributed by atoms with Gasteiger partial charge in [-0.3, -0.25) is 0 Å². The molecule has 0 atom stereocenters. The van der Waals surface area contributed by atoms with Gasteiger partial charge in [-0.25, -0.2) is 4.79 Å². The fourth-order valence-corrected chi connectivity index (χ4v) is 1.96. The molecule has 0 bridgehead atoms. The number of hydrogen-bond acceptors (Lipinski definition) is 2. The first-order chi connectivity index (χ1) is 6.63. The zero-order valence-electron chi connectivity index (χ0n) is 8.57. The lowest BCUT2D eigenvalue weighted by Crippen LogP contribution is -2.16. The Hall–Kier alpha value is -0.830. The average molecular weight is 198 g/mol. The number of allylic oxidation sites excluding steroid dienone is 1. The van der Waals surface area contributed by atoms with Crippen molar-refractivity contribution in [2.75, 3.05) is 6.61 Å². The van der Waals surface area contributed by atoms with Crippen molar-refractivity contribution >= 4 is 5.97 Å². The molecule has 0 aromatic heterocycles. The van der Waals surface area contributed by atoms with Gasteiger partial charge in [0.2, 0.25) is 0 Å². The number of carboxylic acids is 1. The van der Waals surface area contributed by atoms with Gasteiger partial charge in [0.1, 0.15) is 0 Å². The Morgan fingerprint density at radius 3 is 2.36 bits per heavy atom. The number of carbonyl (C=O) groups is 1. The summed E-state index contributed by atoms with van der Waals surface area (Å²) in [6.07, 6.45) is 5.91. The van der Waals surface area contributed by atoms with E-state index in [0.717, 1.165) is 25.7 Å². The van der Waals surface area contributed by atoms with E-state index in [1.807, 2.05) is 6.08 Å². The predicted octanol–water partition coefficient (Wildman–Crippen LogP) is 1.82. The van der Waals surface area contributed by atoms with Crippen molar-refractivity contribution in [3.63, 3.8) is 0 Å². The molecule has 0 heterocycles. The number of carboxylic acid groups (broad SMARTS) is 1. The van der Waals surface area contributed by atoms with Crippen LogP contribution in [-0.4, -0.2) is 22.8 Å². The van der Waals surface area contributed by atoms with Crippen LogP contribution < -0.4 is 0 Å². The van der Waals surface area contributed by atoms with Crippen molar-refractivity contribution in [2.45, 2.75) is 32.6 Å². The number of aliphatic hydroxyl groups excluding tert-OH is 1. The number of aliphatic carboxylic acids is 1. The number of hydrogen-bond donors (Lipinski definition) is 2. The lowest BCUT2D eigenvalue weighted by atomic mass is 9.82. The highest BCUT2D eigenvalue weighted by atomic mass is 16.4. The Bertz CT molecular complexity index is 225. The summed E-state index contributed by atoms with van der Waals surface area (Å²) >= 11 is 0. The highest BCUT2D eigenvalue weighted by Crippen LogP contribution is 2.29. The predicted molar refractivity (Wildman–Crippen MR) is 53.9 cm³/mol. The third-order valence-corrected chi connectivity index (χ3v) is 2.97. The van der Waals surface area contributed by atoms with Gasteiger partial charge in [0.25, 0.3) is 0 Å². The van der Waals surface area contributed by atoms with E-state index in [1.54, 1.807) is 6.92 Å². The molecule has 1 saturated carbocycles. The molecule has 0 unspecified atom stereocenters. The second-order valence-corrected chi connectivity index (χ2v) is 4.12. The minimum atomic E-state index is -0.825. The van der Waals surface area contributed by atoms with Crippen LogP contribution in [0.5, 0.6) is 0 Å². The molecule has 0 spiro atoms. The fourth-order valence-electron chi connectivity index (χ4n) is 1.96. The topological polar surface area (TPSA) is 57.5 Å². The van der Waals surface area contributed by atoms with Gasteiger partial charge in [0.05, 0.1) is 0 Å². The minimum Gasteiger partial charge on any atom is -0.478 e. The monoisotopic (exact) mass is 198 g/mol. The van der Waals surface area contributed by atoms with Crippen LogP contribution >= 0.6 is 0 Å². The first kappa shape index (κ1) is 11.2. The van der Waals surface area contributed by atoms with Gasteiger partial charge in [-0.2, -0.15) is 0 Å². The molecule has 0 amide bonds. The zero-order valence-corrected chi connectivity index (χ0v) is 8.57. The van der Waals surface area contributed by atoms with E-state index in [1.165, 1.54) is 0 Å². The molecular weight excluding hydrogens is 180 g/mol. The van der Waals surface area contributed by atoms with Gasteiger partial charge in [0.15, 0.2) is 0 Å². The molecule has 3 nitrogen and oxygen atoms in total. The molecule has 0 aromatic rings. The van der Waals surface area contributed by atoms with E-state index in [4.69, 9.17) is 10.2 Å². The smallest absolute Gasteiger partial charge is 0.330 e. The fraction of sp³-hybridized carbons (Fsp3) is 0.727. The van der Waals surface area contributed by atoms with Gasteiger partial charge in [-0.1, -0.05) is 6.08 Å². The summed E-state index contributed by atoms with van der Waals surface area (Å²) in [6.45, 7) is 1.91. The molecule has 2 N–H and O–H groups in total. The SMILES string of the molecule is CC(=CC1CCC(CO)CC1)C(=O)O. The Morgan fingerprint density at radius 1 is 1.36 bits per heavy atom. The first-order valence-electron chi connectivity index (χ1n) is 5.16. The summed E-state index contributed by atoms with van der Waals surface area (Å²) in [6, 6.07) is 0. The highest BCUT2D eigenvalue weighted by molar-refractivity contribution is 5.85. The zero-order chi connectivity index (χ0) is 10.6. The van der Waals surface area contributed by atoms with Gasteiger partial charge in [-0.05, 0) is 44.4 Å². The first-order valence-corrected chi connectivity index (χ1v) is 5.16. The lowest BCUT2D eigenvalue weighted by Gasteiger charge is -2.25. The molecule has 0 aliphatic heterocycles. The van der Waals surface area contributed by atoms with E-state index < -0.39 is 5.97 Å². The van der Waals surface area contributed by atoms with Gasteiger partial charge in [0, 0.05) is 12.2 Å². The molecule has 0 saturated heterocycles. The van der Waals surface area contributed by atoms with Crippen LogP contribution in [0.1, 0.15) is 32.6 Å². The van der Waals surface area contributed by atoms with Crippen molar-refractivity contribution in [1.29, 1.82) is 0 Å². The summed E-state index contributed by atoms with van der Waals surface area (Å²) in [5.74, 6) is 0.00738. The Kier molecular flexibility index (Phi) is 4.14. The summed E-state index contributed by atoms with van der Waals surface area (Å²) < 4.78 is 0. The van der Waals surface area contributed by atoms with Crippen LogP contribution in [0.2, 0.25) is 0 Å². The van der Waals surface area contributed by atoms with Crippen LogP contribution in [0.4, 0.5) is 0 Å². The number of rotatable bonds is 3. The average Bonchev–Trinajstić information content (AvgIpc) is 2.19. The Morgan fingerprint density at radius 2 is 1.93 bits per heavy atom. The molecule has 1 aliphatic carbocycles. The second-order valence-electron chi connectivity index (χ2n) is 4.12. The van der Waals surface area contributed by atoms with Gasteiger partial charge < -0.3 is 10.2 Å². The summed E-state index contributed by atoms with van der Waals surface area (Å²) in [5.41, 5.74) is 0.442. The molecule has 0 aromatic carbocycles. The summed E-state index contributed by atoms with van der Waals surface area (Å²) in [5, 5.41) is 17.6. The molecule has 1 aliphatic rings. The summed E-state index contributed by atoms with van der Waals surface area (Å²) in [7, 11) is 0. The maximum atomic E-state index is 10.6.